The zero-order valence-corrected chi connectivity index (χ0v) is 14.7. The number of nitrogens with zero attached hydrogens (tertiary/aromatic N) is 2. The SMILES string of the molecule is CCOc1ncccc1C(=O)OCC(=O)c1cc(C)n(C2CC2)c1C. The third-order valence-corrected chi connectivity index (χ3v) is 4.30. The lowest BCUT2D eigenvalue weighted by Gasteiger charge is -2.09. The first-order chi connectivity index (χ1) is 12.0. The van der Waals surface area contributed by atoms with Crippen molar-refractivity contribution in [2.45, 2.75) is 39.7 Å². The molecule has 0 N–H and O–H groups in total. The first-order valence-electron chi connectivity index (χ1n) is 8.49. The highest BCUT2D eigenvalue weighted by atomic mass is 16.5. The molecule has 3 rings (SSSR count). The average Bonchev–Trinajstić information content (AvgIpc) is 3.38. The van der Waals surface area contributed by atoms with Gasteiger partial charge in [-0.05, 0) is 51.8 Å². The number of aryl methyl sites for hydroxylation is 1. The molecule has 0 spiro atoms. The van der Waals surface area contributed by atoms with Crippen LogP contribution in [0.1, 0.15) is 57.9 Å². The summed E-state index contributed by atoms with van der Waals surface area (Å²) in [4.78, 5) is 28.8. The van der Waals surface area contributed by atoms with Crippen LogP contribution in [0.2, 0.25) is 0 Å². The van der Waals surface area contributed by atoms with Crippen LogP contribution in [0.4, 0.5) is 0 Å². The van der Waals surface area contributed by atoms with Gasteiger partial charge in [-0.1, -0.05) is 0 Å². The topological polar surface area (TPSA) is 70.4 Å². The van der Waals surface area contributed by atoms with E-state index in [9.17, 15) is 9.59 Å². The van der Waals surface area contributed by atoms with Crippen molar-refractivity contribution < 1.29 is 19.1 Å². The van der Waals surface area contributed by atoms with Gasteiger partial charge in [0.05, 0.1) is 6.61 Å². The van der Waals surface area contributed by atoms with Gasteiger partial charge in [-0.25, -0.2) is 9.78 Å². The van der Waals surface area contributed by atoms with Crippen molar-refractivity contribution in [1.29, 1.82) is 0 Å². The van der Waals surface area contributed by atoms with Crippen LogP contribution in [0.3, 0.4) is 0 Å². The zero-order valence-electron chi connectivity index (χ0n) is 14.7. The number of esters is 1. The fourth-order valence-electron chi connectivity index (χ4n) is 3.04. The second kappa shape index (κ2) is 7.09. The molecule has 1 saturated carbocycles. The summed E-state index contributed by atoms with van der Waals surface area (Å²) in [6, 6.07) is 5.58. The predicted octanol–water partition coefficient (Wildman–Crippen LogP) is 3.27. The number of hydrogen-bond donors (Lipinski definition) is 0. The maximum absolute atomic E-state index is 12.5. The average molecular weight is 342 g/mol. The van der Waals surface area contributed by atoms with Gasteiger partial charge in [0.1, 0.15) is 5.56 Å². The number of aromatic nitrogens is 2. The molecule has 6 heteroatoms. The monoisotopic (exact) mass is 342 g/mol. The van der Waals surface area contributed by atoms with Crippen LogP contribution in [-0.4, -0.2) is 34.5 Å². The molecular weight excluding hydrogens is 320 g/mol. The van der Waals surface area contributed by atoms with E-state index >= 15 is 0 Å². The minimum atomic E-state index is -0.610. The fraction of sp³-hybridized carbons (Fsp3) is 0.421. The van der Waals surface area contributed by atoms with Crippen molar-refractivity contribution in [3.8, 4) is 5.88 Å². The summed E-state index contributed by atoms with van der Waals surface area (Å²) in [6.45, 7) is 5.84. The van der Waals surface area contributed by atoms with E-state index in [4.69, 9.17) is 9.47 Å². The van der Waals surface area contributed by atoms with Crippen LogP contribution in [0, 0.1) is 13.8 Å². The Bertz CT molecular complexity index is 806. The summed E-state index contributed by atoms with van der Waals surface area (Å²) in [6.07, 6.45) is 3.85. The number of ketones is 1. The van der Waals surface area contributed by atoms with Crippen LogP contribution in [0.5, 0.6) is 5.88 Å². The van der Waals surface area contributed by atoms with Crippen LogP contribution >= 0.6 is 0 Å². The largest absolute Gasteiger partial charge is 0.477 e. The van der Waals surface area contributed by atoms with E-state index in [1.54, 1.807) is 18.3 Å². The van der Waals surface area contributed by atoms with Crippen LogP contribution < -0.4 is 4.74 Å². The van der Waals surface area contributed by atoms with Gasteiger partial charge in [0, 0.05) is 29.2 Å². The molecule has 25 heavy (non-hydrogen) atoms. The summed E-state index contributed by atoms with van der Waals surface area (Å²) < 4.78 is 12.7. The molecule has 2 aromatic heterocycles. The Kier molecular flexibility index (Phi) is 4.88. The van der Waals surface area contributed by atoms with Gasteiger partial charge in [-0.3, -0.25) is 4.79 Å². The molecule has 1 aliphatic carbocycles. The fourth-order valence-corrected chi connectivity index (χ4v) is 3.04. The van der Waals surface area contributed by atoms with Crippen molar-refractivity contribution in [3.05, 3.63) is 46.9 Å². The van der Waals surface area contributed by atoms with Gasteiger partial charge in [0.15, 0.2) is 6.61 Å². The van der Waals surface area contributed by atoms with Gasteiger partial charge in [0.2, 0.25) is 11.7 Å². The van der Waals surface area contributed by atoms with E-state index in [0.717, 1.165) is 24.2 Å². The van der Waals surface area contributed by atoms with E-state index in [0.29, 0.717) is 18.2 Å². The summed E-state index contributed by atoms with van der Waals surface area (Å²) in [5.41, 5.74) is 2.85. The Morgan fingerprint density at radius 3 is 2.72 bits per heavy atom. The van der Waals surface area contributed by atoms with E-state index < -0.39 is 5.97 Å². The lowest BCUT2D eigenvalue weighted by atomic mass is 10.1. The molecule has 0 atom stereocenters. The van der Waals surface area contributed by atoms with Gasteiger partial charge in [-0.15, -0.1) is 0 Å². The molecule has 0 amide bonds. The normalized spacial score (nSPS) is 13.6. The first kappa shape index (κ1) is 17.2. The standard InChI is InChI=1S/C19H22N2O4/c1-4-24-18-15(6-5-9-20-18)19(23)25-11-17(22)16-10-12(2)21(13(16)3)14-7-8-14/h5-6,9-10,14H,4,7-8,11H2,1-3H3. The predicted molar refractivity (Wildman–Crippen MR) is 92.2 cm³/mol. The molecule has 0 bridgehead atoms. The van der Waals surface area contributed by atoms with Crippen molar-refractivity contribution in [2.75, 3.05) is 13.2 Å². The van der Waals surface area contributed by atoms with Gasteiger partial charge in [0.25, 0.3) is 0 Å². The molecule has 0 aliphatic heterocycles. The second-order valence-electron chi connectivity index (χ2n) is 6.17. The van der Waals surface area contributed by atoms with E-state index in [2.05, 4.69) is 9.55 Å². The zero-order chi connectivity index (χ0) is 18.0. The summed E-state index contributed by atoms with van der Waals surface area (Å²) in [5, 5.41) is 0. The molecule has 1 fully saturated rings. The van der Waals surface area contributed by atoms with Crippen molar-refractivity contribution in [2.24, 2.45) is 0 Å². The van der Waals surface area contributed by atoms with Crippen LogP contribution in [0.15, 0.2) is 24.4 Å². The molecular formula is C19H22N2O4. The van der Waals surface area contributed by atoms with E-state index in [-0.39, 0.29) is 23.8 Å². The second-order valence-corrected chi connectivity index (χ2v) is 6.17. The van der Waals surface area contributed by atoms with Crippen molar-refractivity contribution in [1.82, 2.24) is 9.55 Å². The Morgan fingerprint density at radius 1 is 1.28 bits per heavy atom. The van der Waals surface area contributed by atoms with E-state index in [1.807, 2.05) is 26.8 Å². The lowest BCUT2D eigenvalue weighted by Crippen LogP contribution is -2.16. The molecule has 0 unspecified atom stereocenters. The molecule has 6 nitrogen and oxygen atoms in total. The smallest absolute Gasteiger partial charge is 0.344 e. The number of pyridine rings is 1. The quantitative estimate of drug-likeness (QED) is 0.570. The van der Waals surface area contributed by atoms with Crippen molar-refractivity contribution in [3.63, 3.8) is 0 Å². The molecule has 132 valence electrons. The molecule has 2 heterocycles. The summed E-state index contributed by atoms with van der Waals surface area (Å²) >= 11 is 0. The minimum Gasteiger partial charge on any atom is -0.477 e. The van der Waals surface area contributed by atoms with Crippen molar-refractivity contribution >= 4 is 11.8 Å². The lowest BCUT2D eigenvalue weighted by molar-refractivity contribution is 0.0469. The summed E-state index contributed by atoms with van der Waals surface area (Å²) in [7, 11) is 0. The number of Topliss-reactive ketones (excluding diaryl/α,β-unsaturated/α-hetero) is 1. The highest BCUT2D eigenvalue weighted by Gasteiger charge is 2.28. The molecule has 1 aliphatic rings. The van der Waals surface area contributed by atoms with Crippen LogP contribution in [-0.2, 0) is 4.74 Å². The number of hydrogen-bond acceptors (Lipinski definition) is 5. The maximum Gasteiger partial charge on any atom is 0.344 e. The van der Waals surface area contributed by atoms with E-state index in [1.165, 1.54) is 0 Å². The van der Waals surface area contributed by atoms with Gasteiger partial charge < -0.3 is 14.0 Å². The minimum absolute atomic E-state index is 0.199. The highest BCUT2D eigenvalue weighted by molar-refractivity contribution is 6.00. The molecule has 0 saturated heterocycles. The Labute approximate surface area is 146 Å². The van der Waals surface area contributed by atoms with Gasteiger partial charge in [-0.2, -0.15) is 0 Å². The highest BCUT2D eigenvalue weighted by Crippen LogP contribution is 2.38. The maximum atomic E-state index is 12.5. The number of rotatable bonds is 7. The summed E-state index contributed by atoms with van der Waals surface area (Å²) in [5.74, 6) is -0.592. The Hall–Kier alpha value is -2.63. The Morgan fingerprint density at radius 2 is 2.04 bits per heavy atom. The van der Waals surface area contributed by atoms with Gasteiger partial charge >= 0.3 is 5.97 Å². The molecule has 2 aromatic rings. The Balaban J connectivity index is 1.69. The number of carbonyl (C=O) groups is 2. The molecule has 0 radical (unpaired) electrons. The third kappa shape index (κ3) is 3.57. The number of carbonyl (C=O) groups excluding carboxylic acids is 2. The number of ether oxygens (including phenoxy) is 2. The molecule has 0 aromatic carbocycles. The van der Waals surface area contributed by atoms with Crippen LogP contribution in [0.25, 0.3) is 0 Å². The third-order valence-electron chi connectivity index (χ3n) is 4.30. The first-order valence-corrected chi connectivity index (χ1v) is 8.49.